The molecule has 0 fully saturated rings. The highest BCUT2D eigenvalue weighted by molar-refractivity contribution is 9.10. The van der Waals surface area contributed by atoms with Crippen LogP contribution in [0.4, 0.5) is 10.1 Å². The number of halogens is 2. The van der Waals surface area contributed by atoms with Crippen LogP contribution in [0.5, 0.6) is 0 Å². The molecule has 0 aliphatic rings. The lowest BCUT2D eigenvalue weighted by Crippen LogP contribution is -2.02. The molecule has 0 atom stereocenters. The molecule has 0 bridgehead atoms. The van der Waals surface area contributed by atoms with Crippen LogP contribution in [0.3, 0.4) is 0 Å². The molecule has 1 heterocycles. The van der Waals surface area contributed by atoms with Crippen molar-refractivity contribution in [1.29, 1.82) is 0 Å². The topological polar surface area (TPSA) is 38.9 Å². The summed E-state index contributed by atoms with van der Waals surface area (Å²) < 4.78 is 14.4. The number of aryl methyl sites for hydroxylation is 1. The zero-order chi connectivity index (χ0) is 11.9. The first kappa shape index (κ1) is 11.3. The highest BCUT2D eigenvalue weighted by atomic mass is 79.9. The van der Waals surface area contributed by atoms with Gasteiger partial charge in [-0.3, -0.25) is 0 Å². The van der Waals surface area contributed by atoms with Gasteiger partial charge in [0.1, 0.15) is 11.3 Å². The molecular formula is C12H12BrFN2. The molecule has 0 unspecified atom stereocenters. The third kappa shape index (κ3) is 1.57. The molecule has 1 aromatic carbocycles. The van der Waals surface area contributed by atoms with Gasteiger partial charge in [-0.25, -0.2) is 9.37 Å². The van der Waals surface area contributed by atoms with Gasteiger partial charge >= 0.3 is 0 Å². The summed E-state index contributed by atoms with van der Waals surface area (Å²) in [7, 11) is 0. The Labute approximate surface area is 102 Å². The summed E-state index contributed by atoms with van der Waals surface area (Å²) in [6.07, 6.45) is 0.795. The Morgan fingerprint density at radius 3 is 2.75 bits per heavy atom. The van der Waals surface area contributed by atoms with Crippen LogP contribution in [0.2, 0.25) is 0 Å². The molecule has 2 rings (SSSR count). The molecular weight excluding hydrogens is 271 g/mol. The van der Waals surface area contributed by atoms with Gasteiger partial charge in [-0.1, -0.05) is 22.9 Å². The SMILES string of the molecule is CCc1c(C)nc2c(F)ccc(Br)c2c1N. The molecule has 4 heteroatoms. The van der Waals surface area contributed by atoms with E-state index in [2.05, 4.69) is 20.9 Å². The van der Waals surface area contributed by atoms with E-state index < -0.39 is 0 Å². The molecule has 1 aromatic heterocycles. The monoisotopic (exact) mass is 282 g/mol. The van der Waals surface area contributed by atoms with Gasteiger partial charge in [0.05, 0.1) is 0 Å². The zero-order valence-corrected chi connectivity index (χ0v) is 10.7. The van der Waals surface area contributed by atoms with E-state index in [1.165, 1.54) is 6.07 Å². The Kier molecular flexibility index (Phi) is 2.84. The molecule has 16 heavy (non-hydrogen) atoms. The Morgan fingerprint density at radius 2 is 2.12 bits per heavy atom. The standard InChI is InChI=1S/C12H12BrFN2/c1-3-7-6(2)16-12-9(14)5-4-8(13)10(12)11(7)15/h4-5H,3H2,1-2H3,(H2,15,16). The summed E-state index contributed by atoms with van der Waals surface area (Å²) in [5.74, 6) is -0.337. The van der Waals surface area contributed by atoms with Gasteiger partial charge in [-0.2, -0.15) is 0 Å². The Bertz CT molecular complexity index is 567. The maximum atomic E-state index is 13.6. The minimum atomic E-state index is -0.337. The van der Waals surface area contributed by atoms with Gasteiger partial charge in [-0.05, 0) is 31.0 Å². The zero-order valence-electron chi connectivity index (χ0n) is 9.14. The first-order valence-electron chi connectivity index (χ1n) is 5.09. The van der Waals surface area contributed by atoms with Crippen molar-refractivity contribution in [2.45, 2.75) is 20.3 Å². The lowest BCUT2D eigenvalue weighted by atomic mass is 10.0. The Hall–Kier alpha value is -1.16. The minimum Gasteiger partial charge on any atom is -0.398 e. The van der Waals surface area contributed by atoms with Crippen molar-refractivity contribution in [2.24, 2.45) is 0 Å². The lowest BCUT2D eigenvalue weighted by Gasteiger charge is -2.12. The van der Waals surface area contributed by atoms with Gasteiger partial charge in [0.25, 0.3) is 0 Å². The summed E-state index contributed by atoms with van der Waals surface area (Å²) in [6, 6.07) is 3.05. The van der Waals surface area contributed by atoms with Gasteiger partial charge in [0.15, 0.2) is 0 Å². The van der Waals surface area contributed by atoms with Crippen LogP contribution in [0, 0.1) is 12.7 Å². The highest BCUT2D eigenvalue weighted by Gasteiger charge is 2.13. The van der Waals surface area contributed by atoms with Crippen LogP contribution in [0.1, 0.15) is 18.2 Å². The van der Waals surface area contributed by atoms with E-state index in [-0.39, 0.29) is 5.82 Å². The molecule has 0 radical (unpaired) electrons. The summed E-state index contributed by atoms with van der Waals surface area (Å²) in [5.41, 5.74) is 8.80. The quantitative estimate of drug-likeness (QED) is 0.868. The van der Waals surface area contributed by atoms with Crippen LogP contribution >= 0.6 is 15.9 Å². The number of nitrogens with zero attached hydrogens (tertiary/aromatic N) is 1. The molecule has 2 aromatic rings. The second-order valence-electron chi connectivity index (χ2n) is 3.70. The van der Waals surface area contributed by atoms with E-state index in [4.69, 9.17) is 5.73 Å². The van der Waals surface area contributed by atoms with E-state index >= 15 is 0 Å². The number of fused-ring (bicyclic) bond motifs is 1. The molecule has 0 saturated heterocycles. The third-order valence-corrected chi connectivity index (χ3v) is 3.40. The number of hydrogen-bond donors (Lipinski definition) is 1. The fourth-order valence-electron chi connectivity index (χ4n) is 1.93. The third-order valence-electron chi connectivity index (χ3n) is 2.74. The van der Waals surface area contributed by atoms with Crippen LogP contribution in [0.25, 0.3) is 10.9 Å². The predicted molar refractivity (Wildman–Crippen MR) is 67.9 cm³/mol. The summed E-state index contributed by atoms with van der Waals surface area (Å²) >= 11 is 3.38. The second-order valence-corrected chi connectivity index (χ2v) is 4.55. The van der Waals surface area contributed by atoms with Crippen molar-refractivity contribution >= 4 is 32.5 Å². The molecule has 0 aliphatic carbocycles. The molecule has 0 saturated carbocycles. The van der Waals surface area contributed by atoms with Crippen molar-refractivity contribution in [3.8, 4) is 0 Å². The van der Waals surface area contributed by atoms with E-state index in [9.17, 15) is 4.39 Å². The minimum absolute atomic E-state index is 0.335. The predicted octanol–water partition coefficient (Wildman–Crippen LogP) is 3.59. The smallest absolute Gasteiger partial charge is 0.149 e. The largest absolute Gasteiger partial charge is 0.398 e. The fourth-order valence-corrected chi connectivity index (χ4v) is 2.47. The van der Waals surface area contributed by atoms with E-state index in [0.29, 0.717) is 16.6 Å². The summed E-state index contributed by atoms with van der Waals surface area (Å²) in [6.45, 7) is 3.87. The summed E-state index contributed by atoms with van der Waals surface area (Å²) in [4.78, 5) is 4.28. The van der Waals surface area contributed by atoms with Gasteiger partial charge in [-0.15, -0.1) is 0 Å². The number of nitrogen functional groups attached to an aromatic ring is 1. The number of aromatic nitrogens is 1. The Morgan fingerprint density at radius 1 is 1.44 bits per heavy atom. The van der Waals surface area contributed by atoms with Crippen LogP contribution in [-0.2, 0) is 6.42 Å². The van der Waals surface area contributed by atoms with Crippen molar-refractivity contribution < 1.29 is 4.39 Å². The maximum Gasteiger partial charge on any atom is 0.149 e. The molecule has 0 spiro atoms. The average molecular weight is 283 g/mol. The van der Waals surface area contributed by atoms with E-state index in [1.807, 2.05) is 13.8 Å². The normalized spacial score (nSPS) is 11.0. The number of benzene rings is 1. The maximum absolute atomic E-state index is 13.6. The van der Waals surface area contributed by atoms with E-state index in [0.717, 1.165) is 22.2 Å². The fraction of sp³-hybridized carbons (Fsp3) is 0.250. The van der Waals surface area contributed by atoms with Gasteiger partial charge < -0.3 is 5.73 Å². The number of hydrogen-bond acceptors (Lipinski definition) is 2. The first-order chi connectivity index (χ1) is 7.56. The van der Waals surface area contributed by atoms with Gasteiger partial charge in [0.2, 0.25) is 0 Å². The second kappa shape index (κ2) is 4.01. The van der Waals surface area contributed by atoms with Gasteiger partial charge in [0, 0.05) is 21.2 Å². The summed E-state index contributed by atoms with van der Waals surface area (Å²) in [5, 5.41) is 0.669. The van der Waals surface area contributed by atoms with Crippen molar-refractivity contribution in [3.63, 3.8) is 0 Å². The highest BCUT2D eigenvalue weighted by Crippen LogP contribution is 2.33. The molecule has 0 aliphatic heterocycles. The van der Waals surface area contributed by atoms with Crippen LogP contribution < -0.4 is 5.73 Å². The van der Waals surface area contributed by atoms with Crippen molar-refractivity contribution in [2.75, 3.05) is 5.73 Å². The number of pyridine rings is 1. The number of anilines is 1. The van der Waals surface area contributed by atoms with Crippen molar-refractivity contribution in [1.82, 2.24) is 4.98 Å². The molecule has 0 amide bonds. The van der Waals surface area contributed by atoms with Crippen LogP contribution in [0.15, 0.2) is 16.6 Å². The molecule has 84 valence electrons. The lowest BCUT2D eigenvalue weighted by molar-refractivity contribution is 0.636. The van der Waals surface area contributed by atoms with E-state index in [1.54, 1.807) is 6.07 Å². The number of nitrogens with two attached hydrogens (primary N) is 1. The molecule has 2 N–H and O–H groups in total. The van der Waals surface area contributed by atoms with Crippen molar-refractivity contribution in [3.05, 3.63) is 33.7 Å². The number of rotatable bonds is 1. The van der Waals surface area contributed by atoms with Crippen LogP contribution in [-0.4, -0.2) is 4.98 Å². The first-order valence-corrected chi connectivity index (χ1v) is 5.88. The molecule has 2 nitrogen and oxygen atoms in total. The Balaban J connectivity index is 2.98. The average Bonchev–Trinajstić information content (AvgIpc) is 2.24.